The molecule has 0 spiro atoms. The smallest absolute Gasteiger partial charge is 0.335 e. The summed E-state index contributed by atoms with van der Waals surface area (Å²) in [6, 6.07) is 13.0. The van der Waals surface area contributed by atoms with Crippen LogP contribution in [0.1, 0.15) is 59.8 Å². The molecule has 0 amide bonds. The Morgan fingerprint density at radius 3 is 2.33 bits per heavy atom. The lowest BCUT2D eigenvalue weighted by molar-refractivity contribution is 0.0697. The largest absolute Gasteiger partial charge is 0.478 e. The fraction of sp³-hybridized carbons (Fsp3) is 0.227. The lowest BCUT2D eigenvalue weighted by Crippen LogP contribution is -2.21. The molecule has 0 saturated heterocycles. The molecule has 0 saturated carbocycles. The number of benzene rings is 2. The molecule has 0 fully saturated rings. The third kappa shape index (κ3) is 3.12. The van der Waals surface area contributed by atoms with Gasteiger partial charge >= 0.3 is 5.97 Å². The van der Waals surface area contributed by atoms with Crippen molar-refractivity contribution >= 4 is 11.5 Å². The maximum Gasteiger partial charge on any atom is 0.335 e. The molecule has 2 aromatic rings. The lowest BCUT2D eigenvalue weighted by atomic mass is 9.73. The molecule has 2 nitrogen and oxygen atoms in total. The van der Waals surface area contributed by atoms with E-state index in [9.17, 15) is 4.79 Å². The number of allylic oxidation sites excluding steroid dienone is 2. The van der Waals surface area contributed by atoms with Crippen LogP contribution in [-0.2, 0) is 5.41 Å². The maximum atomic E-state index is 10.9. The van der Waals surface area contributed by atoms with Crippen molar-refractivity contribution in [1.82, 2.24) is 0 Å². The first-order chi connectivity index (χ1) is 11.4. The Hall–Kier alpha value is -2.79. The predicted octanol–water partition coefficient (Wildman–Crippen LogP) is 4.87. The molecule has 0 aromatic heterocycles. The number of rotatable bonds is 1. The minimum Gasteiger partial charge on any atom is -0.478 e. The van der Waals surface area contributed by atoms with Gasteiger partial charge in [0.2, 0.25) is 0 Å². The van der Waals surface area contributed by atoms with Crippen molar-refractivity contribution in [1.29, 1.82) is 0 Å². The molecule has 0 aliphatic heterocycles. The highest BCUT2D eigenvalue weighted by Gasteiger charge is 2.26. The van der Waals surface area contributed by atoms with Crippen molar-refractivity contribution < 1.29 is 9.90 Å². The highest BCUT2D eigenvalue weighted by atomic mass is 16.4. The normalized spacial score (nSPS) is 14.9. The second-order valence-electron chi connectivity index (χ2n) is 6.87. The zero-order chi connectivity index (χ0) is 17.3. The number of carboxylic acid groups (broad SMARTS) is 1. The zero-order valence-corrected chi connectivity index (χ0v) is 14.2. The van der Waals surface area contributed by atoms with Gasteiger partial charge in [-0.15, -0.1) is 0 Å². The summed E-state index contributed by atoms with van der Waals surface area (Å²) in [4.78, 5) is 10.9. The van der Waals surface area contributed by atoms with E-state index >= 15 is 0 Å². The summed E-state index contributed by atoms with van der Waals surface area (Å²) < 4.78 is 0. The van der Waals surface area contributed by atoms with Crippen LogP contribution in [0, 0.1) is 11.8 Å². The minimum absolute atomic E-state index is 0.160. The van der Waals surface area contributed by atoms with Crippen LogP contribution in [0.15, 0.2) is 48.5 Å². The van der Waals surface area contributed by atoms with Crippen LogP contribution in [0.3, 0.4) is 0 Å². The van der Waals surface area contributed by atoms with Crippen molar-refractivity contribution in [3.63, 3.8) is 0 Å². The van der Waals surface area contributed by atoms with Crippen molar-refractivity contribution in [3.8, 4) is 11.8 Å². The van der Waals surface area contributed by atoms with Gasteiger partial charge in [0.05, 0.1) is 5.56 Å². The van der Waals surface area contributed by atoms with Crippen molar-refractivity contribution in [2.45, 2.75) is 32.6 Å². The van der Waals surface area contributed by atoms with Crippen LogP contribution in [0.2, 0.25) is 0 Å². The average Bonchev–Trinajstić information content (AvgIpc) is 2.57. The van der Waals surface area contributed by atoms with Crippen LogP contribution in [0.25, 0.3) is 5.57 Å². The number of carboxylic acids is 1. The topological polar surface area (TPSA) is 37.3 Å². The highest BCUT2D eigenvalue weighted by Crippen LogP contribution is 2.38. The van der Waals surface area contributed by atoms with Gasteiger partial charge in [0, 0.05) is 11.1 Å². The molecule has 1 N–H and O–H groups in total. The maximum absolute atomic E-state index is 10.9. The number of hydrogen-bond donors (Lipinski definition) is 1. The molecule has 2 aromatic carbocycles. The number of carbonyl (C=O) groups is 1. The van der Waals surface area contributed by atoms with Crippen molar-refractivity contribution in [3.05, 3.63) is 76.4 Å². The van der Waals surface area contributed by atoms with Gasteiger partial charge in [-0.1, -0.05) is 37.8 Å². The summed E-state index contributed by atoms with van der Waals surface area (Å²) in [6.07, 6.45) is 3.36. The van der Waals surface area contributed by atoms with Gasteiger partial charge in [0.15, 0.2) is 0 Å². The predicted molar refractivity (Wildman–Crippen MR) is 97.1 cm³/mol. The molecule has 0 atom stereocenters. The van der Waals surface area contributed by atoms with E-state index in [1.165, 1.54) is 16.7 Å². The molecule has 3 rings (SSSR count). The van der Waals surface area contributed by atoms with E-state index in [1.807, 2.05) is 0 Å². The van der Waals surface area contributed by atoms with E-state index in [-0.39, 0.29) is 11.0 Å². The number of fused-ring (bicyclic) bond motifs is 1. The molecule has 1 aliphatic rings. The molecular formula is C22H20O2. The second kappa shape index (κ2) is 6.02. The summed E-state index contributed by atoms with van der Waals surface area (Å²) in [5.74, 6) is 5.37. The van der Waals surface area contributed by atoms with E-state index in [4.69, 9.17) is 5.11 Å². The van der Waals surface area contributed by atoms with Gasteiger partial charge in [0.25, 0.3) is 0 Å². The molecule has 0 radical (unpaired) electrons. The SMILES string of the molecule is CC1=CCC(C)(C)c2ccc(C#Cc3ccc(C(=O)O)cc3)cc21. The molecule has 2 heteroatoms. The monoisotopic (exact) mass is 316 g/mol. The Balaban J connectivity index is 1.92. The van der Waals surface area contributed by atoms with Crippen LogP contribution >= 0.6 is 0 Å². The number of hydrogen-bond acceptors (Lipinski definition) is 1. The average molecular weight is 316 g/mol. The van der Waals surface area contributed by atoms with Gasteiger partial charge < -0.3 is 5.11 Å². The third-order valence-corrected chi connectivity index (χ3v) is 4.58. The Kier molecular flexibility index (Phi) is 4.03. The Morgan fingerprint density at radius 2 is 1.67 bits per heavy atom. The van der Waals surface area contributed by atoms with Crippen LogP contribution in [-0.4, -0.2) is 11.1 Å². The molecule has 24 heavy (non-hydrogen) atoms. The Bertz CT molecular complexity index is 888. The summed E-state index contributed by atoms with van der Waals surface area (Å²) in [7, 11) is 0. The molecule has 0 heterocycles. The van der Waals surface area contributed by atoms with E-state index < -0.39 is 5.97 Å². The van der Waals surface area contributed by atoms with Gasteiger partial charge in [-0.3, -0.25) is 0 Å². The first-order valence-electron chi connectivity index (χ1n) is 8.04. The van der Waals surface area contributed by atoms with Crippen molar-refractivity contribution in [2.24, 2.45) is 0 Å². The van der Waals surface area contributed by atoms with E-state index in [0.717, 1.165) is 17.5 Å². The summed E-state index contributed by atoms with van der Waals surface area (Å²) in [5, 5.41) is 8.92. The zero-order valence-electron chi connectivity index (χ0n) is 14.2. The lowest BCUT2D eigenvalue weighted by Gasteiger charge is -2.31. The van der Waals surface area contributed by atoms with Crippen LogP contribution in [0.5, 0.6) is 0 Å². The van der Waals surface area contributed by atoms with Gasteiger partial charge in [-0.2, -0.15) is 0 Å². The first kappa shape index (κ1) is 16.1. The standard InChI is InChI=1S/C22H20O2/c1-15-12-13-22(2,3)20-11-8-17(14-19(15)20)5-4-16-6-9-18(10-7-16)21(23)24/h6-12,14H,13H2,1-3H3,(H,23,24). The second-order valence-corrected chi connectivity index (χ2v) is 6.87. The summed E-state index contributed by atoms with van der Waals surface area (Å²) >= 11 is 0. The Morgan fingerprint density at radius 1 is 1.04 bits per heavy atom. The van der Waals surface area contributed by atoms with Crippen LogP contribution in [0.4, 0.5) is 0 Å². The van der Waals surface area contributed by atoms with Gasteiger partial charge in [0.1, 0.15) is 0 Å². The highest BCUT2D eigenvalue weighted by molar-refractivity contribution is 5.87. The molecule has 120 valence electrons. The van der Waals surface area contributed by atoms with E-state index in [1.54, 1.807) is 24.3 Å². The quantitative estimate of drug-likeness (QED) is 0.762. The third-order valence-electron chi connectivity index (χ3n) is 4.58. The first-order valence-corrected chi connectivity index (χ1v) is 8.04. The molecular weight excluding hydrogens is 296 g/mol. The molecule has 1 aliphatic carbocycles. The molecule has 0 unspecified atom stereocenters. The van der Waals surface area contributed by atoms with Crippen molar-refractivity contribution in [2.75, 3.05) is 0 Å². The van der Waals surface area contributed by atoms with Crippen LogP contribution < -0.4 is 0 Å². The Labute approximate surface area is 142 Å². The number of aromatic carboxylic acids is 1. The fourth-order valence-electron chi connectivity index (χ4n) is 3.01. The fourth-order valence-corrected chi connectivity index (χ4v) is 3.01. The summed E-state index contributed by atoms with van der Waals surface area (Å²) in [5.41, 5.74) is 6.18. The van der Waals surface area contributed by atoms with Gasteiger partial charge in [-0.25, -0.2) is 4.79 Å². The van der Waals surface area contributed by atoms with Gasteiger partial charge in [-0.05, 0) is 71.9 Å². The minimum atomic E-state index is -0.922. The van der Waals surface area contributed by atoms with E-state index in [0.29, 0.717) is 0 Å². The van der Waals surface area contributed by atoms with E-state index in [2.05, 4.69) is 56.9 Å². The molecule has 0 bridgehead atoms. The summed E-state index contributed by atoms with van der Waals surface area (Å²) in [6.45, 7) is 6.68.